The van der Waals surface area contributed by atoms with Gasteiger partial charge in [0.2, 0.25) is 0 Å². The maximum absolute atomic E-state index is 10.6. The molecule has 1 aromatic rings. The minimum Gasteiger partial charge on any atom is -0.481 e. The molecule has 1 aliphatic rings. The Labute approximate surface area is 95.7 Å². The molecule has 1 unspecified atom stereocenters. The summed E-state index contributed by atoms with van der Waals surface area (Å²) in [5.74, 6) is -0.725. The minimum atomic E-state index is -0.725. The number of carbonyl (C=O) groups is 1. The molecule has 16 heavy (non-hydrogen) atoms. The third-order valence-electron chi connectivity index (χ3n) is 3.40. The number of fused-ring (bicyclic) bond motifs is 1. The van der Waals surface area contributed by atoms with E-state index in [1.165, 1.54) is 16.8 Å². The Kier molecular flexibility index (Phi) is 2.86. The quantitative estimate of drug-likeness (QED) is 0.846. The highest BCUT2D eigenvalue weighted by molar-refractivity contribution is 5.68. The number of carboxylic acid groups (broad SMARTS) is 1. The van der Waals surface area contributed by atoms with Gasteiger partial charge in [0.25, 0.3) is 0 Å². The zero-order valence-electron chi connectivity index (χ0n) is 9.73. The summed E-state index contributed by atoms with van der Waals surface area (Å²) < 4.78 is 0. The number of benzene rings is 1. The van der Waals surface area contributed by atoms with Crippen molar-refractivity contribution in [3.63, 3.8) is 0 Å². The standard InChI is InChI=1S/C13H17NO2/c1-9-8-11-10(6-7-13(15)16)4-3-5-12(11)14(9)2/h3-5,9H,6-8H2,1-2H3,(H,15,16). The van der Waals surface area contributed by atoms with Crippen LogP contribution in [-0.4, -0.2) is 24.2 Å². The number of rotatable bonds is 3. The Balaban J connectivity index is 2.25. The molecule has 0 spiro atoms. The number of nitrogens with zero attached hydrogens (tertiary/aromatic N) is 1. The van der Waals surface area contributed by atoms with Crippen LogP contribution in [-0.2, 0) is 17.6 Å². The van der Waals surface area contributed by atoms with E-state index in [-0.39, 0.29) is 6.42 Å². The molecule has 0 bridgehead atoms. The highest BCUT2D eigenvalue weighted by Gasteiger charge is 2.24. The first-order valence-electron chi connectivity index (χ1n) is 5.65. The lowest BCUT2D eigenvalue weighted by Gasteiger charge is -2.18. The molecule has 0 saturated heterocycles. The van der Waals surface area contributed by atoms with E-state index < -0.39 is 5.97 Å². The number of aryl methyl sites for hydroxylation is 1. The molecule has 1 atom stereocenters. The van der Waals surface area contributed by atoms with Gasteiger partial charge in [-0.05, 0) is 37.0 Å². The Hall–Kier alpha value is -1.51. The van der Waals surface area contributed by atoms with Gasteiger partial charge in [0.05, 0.1) is 0 Å². The first-order valence-corrected chi connectivity index (χ1v) is 5.65. The molecular formula is C13H17NO2. The van der Waals surface area contributed by atoms with Crippen LogP contribution >= 0.6 is 0 Å². The van der Waals surface area contributed by atoms with Crippen molar-refractivity contribution < 1.29 is 9.90 Å². The fourth-order valence-corrected chi connectivity index (χ4v) is 2.33. The fraction of sp³-hybridized carbons (Fsp3) is 0.462. The Morgan fingerprint density at radius 1 is 1.56 bits per heavy atom. The third-order valence-corrected chi connectivity index (χ3v) is 3.40. The summed E-state index contributed by atoms with van der Waals surface area (Å²) in [7, 11) is 2.09. The second-order valence-corrected chi connectivity index (χ2v) is 4.47. The lowest BCUT2D eigenvalue weighted by Crippen LogP contribution is -2.23. The molecule has 1 aromatic carbocycles. The van der Waals surface area contributed by atoms with Gasteiger partial charge in [-0.3, -0.25) is 4.79 Å². The number of likely N-dealkylation sites (N-methyl/N-ethyl adjacent to an activating group) is 1. The van der Waals surface area contributed by atoms with Crippen LogP contribution in [0.2, 0.25) is 0 Å². The maximum Gasteiger partial charge on any atom is 0.303 e. The van der Waals surface area contributed by atoms with E-state index >= 15 is 0 Å². The molecular weight excluding hydrogens is 202 g/mol. The molecule has 3 heteroatoms. The average molecular weight is 219 g/mol. The highest BCUT2D eigenvalue weighted by atomic mass is 16.4. The normalized spacial score (nSPS) is 18.6. The van der Waals surface area contributed by atoms with Gasteiger partial charge in [0.1, 0.15) is 0 Å². The molecule has 3 nitrogen and oxygen atoms in total. The van der Waals surface area contributed by atoms with Gasteiger partial charge < -0.3 is 10.0 Å². The summed E-state index contributed by atoms with van der Waals surface area (Å²) in [5.41, 5.74) is 3.78. The van der Waals surface area contributed by atoms with Crippen molar-refractivity contribution in [2.45, 2.75) is 32.2 Å². The van der Waals surface area contributed by atoms with Crippen LogP contribution in [0.3, 0.4) is 0 Å². The zero-order chi connectivity index (χ0) is 11.7. The first-order chi connectivity index (χ1) is 7.59. The molecule has 0 amide bonds. The summed E-state index contributed by atoms with van der Waals surface area (Å²) in [6, 6.07) is 6.70. The molecule has 0 aromatic heterocycles. The van der Waals surface area contributed by atoms with E-state index in [0.29, 0.717) is 12.5 Å². The van der Waals surface area contributed by atoms with E-state index in [1.807, 2.05) is 12.1 Å². The van der Waals surface area contributed by atoms with Gasteiger partial charge in [-0.2, -0.15) is 0 Å². The Bertz CT molecular complexity index is 414. The van der Waals surface area contributed by atoms with Crippen molar-refractivity contribution in [2.24, 2.45) is 0 Å². The van der Waals surface area contributed by atoms with Crippen LogP contribution in [0.15, 0.2) is 18.2 Å². The molecule has 2 rings (SSSR count). The summed E-state index contributed by atoms with van der Waals surface area (Å²) in [5, 5.41) is 8.72. The molecule has 0 saturated carbocycles. The number of carboxylic acids is 1. The van der Waals surface area contributed by atoms with E-state index in [9.17, 15) is 4.79 Å². The number of hydrogen-bond donors (Lipinski definition) is 1. The van der Waals surface area contributed by atoms with Gasteiger partial charge in [-0.15, -0.1) is 0 Å². The van der Waals surface area contributed by atoms with Crippen LogP contribution in [0, 0.1) is 0 Å². The molecule has 0 radical (unpaired) electrons. The minimum absolute atomic E-state index is 0.217. The smallest absolute Gasteiger partial charge is 0.303 e. The second kappa shape index (κ2) is 4.16. The lowest BCUT2D eigenvalue weighted by atomic mass is 9.99. The van der Waals surface area contributed by atoms with Crippen molar-refractivity contribution in [3.05, 3.63) is 29.3 Å². The van der Waals surface area contributed by atoms with Gasteiger partial charge in [0.15, 0.2) is 0 Å². The van der Waals surface area contributed by atoms with Gasteiger partial charge in [-0.1, -0.05) is 12.1 Å². The Morgan fingerprint density at radius 3 is 3.00 bits per heavy atom. The molecule has 0 aliphatic carbocycles. The van der Waals surface area contributed by atoms with Gasteiger partial charge >= 0.3 is 5.97 Å². The van der Waals surface area contributed by atoms with Crippen molar-refractivity contribution in [2.75, 3.05) is 11.9 Å². The summed E-state index contributed by atoms with van der Waals surface area (Å²) >= 11 is 0. The van der Waals surface area contributed by atoms with Gasteiger partial charge in [0, 0.05) is 25.2 Å². The van der Waals surface area contributed by atoms with Crippen LogP contribution in [0.25, 0.3) is 0 Å². The Morgan fingerprint density at radius 2 is 2.31 bits per heavy atom. The number of anilines is 1. The average Bonchev–Trinajstić information content (AvgIpc) is 2.53. The fourth-order valence-electron chi connectivity index (χ4n) is 2.33. The highest BCUT2D eigenvalue weighted by Crippen LogP contribution is 2.33. The monoisotopic (exact) mass is 219 g/mol. The number of hydrogen-bond acceptors (Lipinski definition) is 2. The maximum atomic E-state index is 10.6. The summed E-state index contributed by atoms with van der Waals surface area (Å²) in [4.78, 5) is 12.9. The van der Waals surface area contributed by atoms with Crippen LogP contribution < -0.4 is 4.90 Å². The van der Waals surface area contributed by atoms with E-state index in [1.54, 1.807) is 0 Å². The topological polar surface area (TPSA) is 40.5 Å². The summed E-state index contributed by atoms with van der Waals surface area (Å²) in [6.07, 6.45) is 1.88. The first kappa shape index (κ1) is 11.0. The van der Waals surface area contributed by atoms with E-state index in [4.69, 9.17) is 5.11 Å². The number of aliphatic carboxylic acids is 1. The zero-order valence-corrected chi connectivity index (χ0v) is 9.73. The molecule has 1 N–H and O–H groups in total. The largest absolute Gasteiger partial charge is 0.481 e. The van der Waals surface area contributed by atoms with Crippen molar-refractivity contribution in [1.82, 2.24) is 0 Å². The SMILES string of the molecule is CC1Cc2c(CCC(=O)O)cccc2N1C. The predicted octanol–water partition coefficient (Wildman–Crippen LogP) is 2.08. The van der Waals surface area contributed by atoms with Crippen LogP contribution in [0.1, 0.15) is 24.5 Å². The molecule has 0 fully saturated rings. The third kappa shape index (κ3) is 1.90. The molecule has 1 aliphatic heterocycles. The van der Waals surface area contributed by atoms with E-state index in [0.717, 1.165) is 6.42 Å². The van der Waals surface area contributed by atoms with Crippen LogP contribution in [0.4, 0.5) is 5.69 Å². The van der Waals surface area contributed by atoms with E-state index in [2.05, 4.69) is 24.9 Å². The van der Waals surface area contributed by atoms with Gasteiger partial charge in [-0.25, -0.2) is 0 Å². The molecule has 86 valence electrons. The molecule has 1 heterocycles. The van der Waals surface area contributed by atoms with Crippen LogP contribution in [0.5, 0.6) is 0 Å². The van der Waals surface area contributed by atoms with Crippen molar-refractivity contribution in [1.29, 1.82) is 0 Å². The summed E-state index contributed by atoms with van der Waals surface area (Å²) in [6.45, 7) is 2.20. The predicted molar refractivity (Wildman–Crippen MR) is 64.0 cm³/mol. The van der Waals surface area contributed by atoms with Crippen molar-refractivity contribution in [3.8, 4) is 0 Å². The lowest BCUT2D eigenvalue weighted by molar-refractivity contribution is -0.136. The second-order valence-electron chi connectivity index (χ2n) is 4.47. The van der Waals surface area contributed by atoms with Crippen molar-refractivity contribution >= 4 is 11.7 Å².